The summed E-state index contributed by atoms with van der Waals surface area (Å²) in [6, 6.07) is 30.5. The molecule has 0 spiro atoms. The number of hydrogen-bond acceptors (Lipinski definition) is 3. The molecule has 154 valence electrons. The molecule has 4 heteroatoms. The third-order valence-corrected chi connectivity index (χ3v) is 5.86. The van der Waals surface area contributed by atoms with E-state index in [0.717, 1.165) is 39.0 Å². The molecule has 1 unspecified atom stereocenters. The first-order valence-electron chi connectivity index (χ1n) is 10.5. The second-order valence-electron chi connectivity index (χ2n) is 7.86. The summed E-state index contributed by atoms with van der Waals surface area (Å²) in [5.41, 5.74) is 4.11. The fourth-order valence-corrected chi connectivity index (χ4v) is 4.22. The second-order valence-corrected chi connectivity index (χ2v) is 7.86. The summed E-state index contributed by atoms with van der Waals surface area (Å²) < 4.78 is 5.34. The Morgan fingerprint density at radius 1 is 0.903 bits per heavy atom. The highest BCUT2D eigenvalue weighted by molar-refractivity contribution is 5.99. The van der Waals surface area contributed by atoms with Crippen LogP contribution in [0, 0.1) is 0 Å². The van der Waals surface area contributed by atoms with Gasteiger partial charge in [-0.15, -0.1) is 0 Å². The first-order valence-corrected chi connectivity index (χ1v) is 10.5. The SMILES string of the molecule is COc1ccc2cc(C3CC(=O)N(Cc4ccccc4)c4ccccc4N3)ccc2c1. The Hall–Kier alpha value is -3.79. The Kier molecular flexibility index (Phi) is 5.04. The molecule has 1 amide bonds. The first-order chi connectivity index (χ1) is 15.2. The molecule has 4 nitrogen and oxygen atoms in total. The third-order valence-electron chi connectivity index (χ3n) is 5.86. The third kappa shape index (κ3) is 3.84. The predicted molar refractivity (Wildman–Crippen MR) is 126 cm³/mol. The van der Waals surface area contributed by atoms with Crippen molar-refractivity contribution in [2.24, 2.45) is 0 Å². The number of anilines is 2. The maximum absolute atomic E-state index is 13.4. The Morgan fingerprint density at radius 3 is 2.48 bits per heavy atom. The van der Waals surface area contributed by atoms with E-state index in [1.807, 2.05) is 59.5 Å². The van der Waals surface area contributed by atoms with Crippen LogP contribution in [-0.4, -0.2) is 13.0 Å². The Bertz CT molecular complexity index is 1240. The van der Waals surface area contributed by atoms with Crippen LogP contribution in [0.1, 0.15) is 23.6 Å². The number of para-hydroxylation sites is 2. The number of nitrogens with one attached hydrogen (secondary N) is 1. The lowest BCUT2D eigenvalue weighted by Gasteiger charge is -2.22. The van der Waals surface area contributed by atoms with Crippen LogP contribution in [0.2, 0.25) is 0 Å². The number of nitrogens with zero attached hydrogens (tertiary/aromatic N) is 1. The van der Waals surface area contributed by atoms with E-state index in [0.29, 0.717) is 13.0 Å². The van der Waals surface area contributed by atoms with E-state index in [1.54, 1.807) is 7.11 Å². The van der Waals surface area contributed by atoms with Gasteiger partial charge >= 0.3 is 0 Å². The van der Waals surface area contributed by atoms with Crippen molar-refractivity contribution >= 4 is 28.1 Å². The van der Waals surface area contributed by atoms with Gasteiger partial charge in [0.05, 0.1) is 37.5 Å². The molecule has 0 saturated heterocycles. The highest BCUT2D eigenvalue weighted by atomic mass is 16.5. The highest BCUT2D eigenvalue weighted by Crippen LogP contribution is 2.37. The molecular formula is C27H24N2O2. The number of methoxy groups -OCH3 is 1. The van der Waals surface area contributed by atoms with E-state index in [-0.39, 0.29) is 11.9 Å². The van der Waals surface area contributed by atoms with Crippen molar-refractivity contribution in [3.05, 3.63) is 102 Å². The average Bonchev–Trinajstić information content (AvgIpc) is 2.95. The van der Waals surface area contributed by atoms with Crippen molar-refractivity contribution < 1.29 is 9.53 Å². The van der Waals surface area contributed by atoms with Gasteiger partial charge in [-0.2, -0.15) is 0 Å². The van der Waals surface area contributed by atoms with E-state index >= 15 is 0 Å². The Balaban J connectivity index is 1.50. The monoisotopic (exact) mass is 408 g/mol. The van der Waals surface area contributed by atoms with Gasteiger partial charge in [0.15, 0.2) is 0 Å². The zero-order valence-corrected chi connectivity index (χ0v) is 17.4. The number of carbonyl (C=O) groups is 1. The number of hydrogen-bond donors (Lipinski definition) is 1. The van der Waals surface area contributed by atoms with Gasteiger partial charge in [-0.05, 0) is 52.2 Å². The number of ether oxygens (including phenoxy) is 1. The first kappa shape index (κ1) is 19.2. The van der Waals surface area contributed by atoms with E-state index in [2.05, 4.69) is 41.7 Å². The molecule has 0 aromatic heterocycles. The van der Waals surface area contributed by atoms with Crippen molar-refractivity contribution in [2.75, 3.05) is 17.3 Å². The van der Waals surface area contributed by atoms with Gasteiger partial charge in [0.2, 0.25) is 5.91 Å². The molecule has 5 rings (SSSR count). The molecule has 0 bridgehead atoms. The quantitative estimate of drug-likeness (QED) is 0.454. The van der Waals surface area contributed by atoms with Gasteiger partial charge in [0.1, 0.15) is 5.75 Å². The molecule has 1 atom stereocenters. The van der Waals surface area contributed by atoms with Crippen molar-refractivity contribution in [2.45, 2.75) is 19.0 Å². The van der Waals surface area contributed by atoms with Crippen LogP contribution in [0.15, 0.2) is 91.0 Å². The molecule has 1 heterocycles. The van der Waals surface area contributed by atoms with Gasteiger partial charge in [-0.1, -0.05) is 60.7 Å². The molecule has 0 radical (unpaired) electrons. The van der Waals surface area contributed by atoms with Crippen molar-refractivity contribution in [3.63, 3.8) is 0 Å². The van der Waals surface area contributed by atoms with Gasteiger partial charge in [-0.25, -0.2) is 0 Å². The van der Waals surface area contributed by atoms with Crippen LogP contribution in [0.5, 0.6) is 5.75 Å². The topological polar surface area (TPSA) is 41.6 Å². The molecule has 1 N–H and O–H groups in total. The van der Waals surface area contributed by atoms with E-state index in [9.17, 15) is 4.79 Å². The Labute approximate surface area is 182 Å². The zero-order chi connectivity index (χ0) is 21.2. The van der Waals surface area contributed by atoms with E-state index in [4.69, 9.17) is 4.74 Å². The number of benzene rings is 4. The maximum atomic E-state index is 13.4. The van der Waals surface area contributed by atoms with Crippen LogP contribution < -0.4 is 15.0 Å². The summed E-state index contributed by atoms with van der Waals surface area (Å²) >= 11 is 0. The Morgan fingerprint density at radius 2 is 1.65 bits per heavy atom. The predicted octanol–water partition coefficient (Wildman–Crippen LogP) is 5.94. The van der Waals surface area contributed by atoms with Crippen LogP contribution in [0.4, 0.5) is 11.4 Å². The molecule has 0 saturated carbocycles. The van der Waals surface area contributed by atoms with Gasteiger partial charge in [0, 0.05) is 0 Å². The lowest BCUT2D eigenvalue weighted by atomic mass is 9.99. The summed E-state index contributed by atoms with van der Waals surface area (Å²) in [5, 5.41) is 5.87. The van der Waals surface area contributed by atoms with Crippen LogP contribution in [0.25, 0.3) is 10.8 Å². The summed E-state index contributed by atoms with van der Waals surface area (Å²) in [6.45, 7) is 0.558. The lowest BCUT2D eigenvalue weighted by Crippen LogP contribution is -2.30. The molecule has 1 aliphatic rings. The van der Waals surface area contributed by atoms with Crippen molar-refractivity contribution in [1.82, 2.24) is 0 Å². The average molecular weight is 409 g/mol. The van der Waals surface area contributed by atoms with Crippen molar-refractivity contribution in [3.8, 4) is 5.75 Å². The minimum atomic E-state index is -0.0964. The normalized spacial score (nSPS) is 15.8. The highest BCUT2D eigenvalue weighted by Gasteiger charge is 2.28. The number of amides is 1. The minimum Gasteiger partial charge on any atom is -0.497 e. The molecule has 1 aliphatic heterocycles. The standard InChI is InChI=1S/C27H24N2O2/c1-31-23-14-13-20-15-22(12-11-21(20)16-23)25-17-27(30)29(18-19-7-3-2-4-8-19)26-10-6-5-9-24(26)28-25/h2-16,25,28H,17-18H2,1H3. The van der Waals surface area contributed by atoms with Crippen LogP contribution in [0.3, 0.4) is 0 Å². The molecule has 31 heavy (non-hydrogen) atoms. The summed E-state index contributed by atoms with van der Waals surface area (Å²) in [7, 11) is 1.68. The fraction of sp³-hybridized carbons (Fsp3) is 0.148. The smallest absolute Gasteiger partial charge is 0.229 e. The summed E-state index contributed by atoms with van der Waals surface area (Å²) in [6.07, 6.45) is 0.392. The molecule has 4 aromatic rings. The van der Waals surface area contributed by atoms with Crippen LogP contribution >= 0.6 is 0 Å². The zero-order valence-electron chi connectivity index (χ0n) is 17.4. The fourth-order valence-electron chi connectivity index (χ4n) is 4.22. The molecule has 4 aromatic carbocycles. The number of carbonyl (C=O) groups excluding carboxylic acids is 1. The van der Waals surface area contributed by atoms with Gasteiger partial charge < -0.3 is 15.0 Å². The summed E-state index contributed by atoms with van der Waals surface area (Å²) in [4.78, 5) is 15.3. The van der Waals surface area contributed by atoms with Crippen molar-refractivity contribution in [1.29, 1.82) is 0 Å². The van der Waals surface area contributed by atoms with Gasteiger partial charge in [0.25, 0.3) is 0 Å². The van der Waals surface area contributed by atoms with Gasteiger partial charge in [-0.3, -0.25) is 4.79 Å². The van der Waals surface area contributed by atoms with E-state index in [1.165, 1.54) is 0 Å². The molecular weight excluding hydrogens is 384 g/mol. The molecule has 0 fully saturated rings. The second kappa shape index (κ2) is 8.15. The largest absolute Gasteiger partial charge is 0.497 e. The number of fused-ring (bicyclic) bond motifs is 2. The summed E-state index contributed by atoms with van der Waals surface area (Å²) in [5.74, 6) is 0.953. The van der Waals surface area contributed by atoms with E-state index < -0.39 is 0 Å². The minimum absolute atomic E-state index is 0.0964. The molecule has 0 aliphatic carbocycles. The number of rotatable bonds is 4. The maximum Gasteiger partial charge on any atom is 0.229 e. The lowest BCUT2D eigenvalue weighted by molar-refractivity contribution is -0.118. The van der Waals surface area contributed by atoms with Crippen LogP contribution in [-0.2, 0) is 11.3 Å².